The first-order valence-corrected chi connectivity index (χ1v) is 7.93. The Labute approximate surface area is 123 Å². The highest BCUT2D eigenvalue weighted by molar-refractivity contribution is 5.72. The third kappa shape index (κ3) is 5.53. The lowest BCUT2D eigenvalue weighted by atomic mass is 10.1. The van der Waals surface area contributed by atoms with Crippen LogP contribution in [0.1, 0.15) is 59.8 Å². The molecule has 0 amide bonds. The third-order valence-corrected chi connectivity index (χ3v) is 4.26. The molecule has 0 aromatic heterocycles. The Bertz CT molecular complexity index is 309. The second-order valence-corrected chi connectivity index (χ2v) is 5.46. The van der Waals surface area contributed by atoms with Gasteiger partial charge in [0.15, 0.2) is 6.04 Å². The van der Waals surface area contributed by atoms with Crippen LogP contribution in [-0.4, -0.2) is 46.3 Å². The molecule has 4 nitrogen and oxygen atoms in total. The smallest absolute Gasteiger partial charge is 0.362 e. The first-order chi connectivity index (χ1) is 9.47. The molecule has 0 heterocycles. The van der Waals surface area contributed by atoms with Crippen LogP contribution in [0.15, 0.2) is 11.8 Å². The van der Waals surface area contributed by atoms with Gasteiger partial charge >= 0.3 is 5.97 Å². The maximum Gasteiger partial charge on any atom is 0.362 e. The van der Waals surface area contributed by atoms with Gasteiger partial charge in [-0.15, -0.1) is 0 Å². The highest BCUT2D eigenvalue weighted by atomic mass is 16.4. The predicted molar refractivity (Wildman–Crippen MR) is 82.8 cm³/mol. The number of nitrogens with zero attached hydrogens (tertiary/aromatic N) is 1. The fourth-order valence-electron chi connectivity index (χ4n) is 2.84. The first kappa shape index (κ1) is 19.0. The molecule has 0 aliphatic rings. The quantitative estimate of drug-likeness (QED) is 0.346. The lowest BCUT2D eigenvalue weighted by Crippen LogP contribution is -2.59. The summed E-state index contributed by atoms with van der Waals surface area (Å²) in [6.45, 7) is 9.91. The number of carboxylic acids is 1. The normalized spacial score (nSPS) is 14.3. The van der Waals surface area contributed by atoms with Gasteiger partial charge in [-0.1, -0.05) is 26.7 Å². The second kappa shape index (κ2) is 9.81. The molecule has 1 atom stereocenters. The summed E-state index contributed by atoms with van der Waals surface area (Å²) in [4.78, 5) is 11.5. The molecule has 0 rings (SSSR count). The molecule has 2 N–H and O–H groups in total. The van der Waals surface area contributed by atoms with Crippen molar-refractivity contribution in [2.75, 3.05) is 19.6 Å². The largest absolute Gasteiger partial charge is 0.507 e. The lowest BCUT2D eigenvalue weighted by Gasteiger charge is -2.41. The topological polar surface area (TPSA) is 57.5 Å². The molecule has 0 saturated carbocycles. The summed E-state index contributed by atoms with van der Waals surface area (Å²) in [6.07, 6.45) is 6.72. The monoisotopic (exact) mass is 286 g/mol. The van der Waals surface area contributed by atoms with Gasteiger partial charge in [-0.2, -0.15) is 0 Å². The fraction of sp³-hybridized carbons (Fsp3) is 0.812. The molecule has 1 unspecified atom stereocenters. The number of carboxylic acid groups (broad SMARTS) is 1. The van der Waals surface area contributed by atoms with Crippen molar-refractivity contribution >= 4 is 5.97 Å². The van der Waals surface area contributed by atoms with Crippen molar-refractivity contribution in [3.8, 4) is 0 Å². The number of aliphatic carboxylic acids is 1. The zero-order chi connectivity index (χ0) is 15.6. The van der Waals surface area contributed by atoms with Gasteiger partial charge in [-0.3, -0.25) is 0 Å². The fourth-order valence-corrected chi connectivity index (χ4v) is 2.84. The van der Waals surface area contributed by atoms with Crippen LogP contribution in [0.3, 0.4) is 0 Å². The van der Waals surface area contributed by atoms with Crippen molar-refractivity contribution in [2.45, 2.75) is 65.8 Å². The van der Waals surface area contributed by atoms with E-state index < -0.39 is 12.0 Å². The van der Waals surface area contributed by atoms with Crippen molar-refractivity contribution in [3.63, 3.8) is 0 Å². The number of rotatable bonds is 11. The summed E-state index contributed by atoms with van der Waals surface area (Å²) < 4.78 is 0.419. The second-order valence-electron chi connectivity index (χ2n) is 5.46. The minimum Gasteiger partial charge on any atom is -0.507 e. The number of carbonyl (C=O) groups is 1. The zero-order valence-corrected chi connectivity index (χ0v) is 13.6. The van der Waals surface area contributed by atoms with Gasteiger partial charge in [0.05, 0.1) is 13.1 Å². The molecule has 0 fully saturated rings. The van der Waals surface area contributed by atoms with Gasteiger partial charge in [0, 0.05) is 6.42 Å². The van der Waals surface area contributed by atoms with Gasteiger partial charge in [0.2, 0.25) is 0 Å². The summed E-state index contributed by atoms with van der Waals surface area (Å²) in [5.41, 5.74) is 0. The maximum absolute atomic E-state index is 11.5. The molecule has 0 bridgehead atoms. The molecule has 118 valence electrons. The standard InChI is InChI=1S/C16H31NO3/c1-5-9-10-11-12-14(18)13-17(7-3,8-4)15(6-2)16(19)20/h12,15H,5-11,13H2,1-4H3,(H-,18,19,20)/p+1/b14-12+. The van der Waals surface area contributed by atoms with Crippen LogP contribution in [0, 0.1) is 0 Å². The highest BCUT2D eigenvalue weighted by Crippen LogP contribution is 2.19. The van der Waals surface area contributed by atoms with E-state index in [9.17, 15) is 15.0 Å². The van der Waals surface area contributed by atoms with Crippen LogP contribution in [0.25, 0.3) is 0 Å². The van der Waals surface area contributed by atoms with Gasteiger partial charge in [-0.05, 0) is 32.8 Å². The Hall–Kier alpha value is -1.03. The molecule has 0 saturated heterocycles. The summed E-state index contributed by atoms with van der Waals surface area (Å²) in [5.74, 6) is -0.431. The Morgan fingerprint density at radius 2 is 1.70 bits per heavy atom. The third-order valence-electron chi connectivity index (χ3n) is 4.26. The van der Waals surface area contributed by atoms with Crippen LogP contribution < -0.4 is 0 Å². The van der Waals surface area contributed by atoms with E-state index in [-0.39, 0.29) is 0 Å². The van der Waals surface area contributed by atoms with E-state index in [0.717, 1.165) is 25.7 Å². The minimum absolute atomic E-state index is 0.338. The minimum atomic E-state index is -0.769. The van der Waals surface area contributed by atoms with Crippen LogP contribution in [0.2, 0.25) is 0 Å². The Morgan fingerprint density at radius 3 is 2.10 bits per heavy atom. The SMILES string of the molecule is CCCCC/C=C(/O)C[N+](CC)(CC)C(CC)C(=O)O. The van der Waals surface area contributed by atoms with Crippen molar-refractivity contribution in [1.82, 2.24) is 0 Å². The molecule has 0 aliphatic heterocycles. The van der Waals surface area contributed by atoms with E-state index >= 15 is 0 Å². The van der Waals surface area contributed by atoms with Gasteiger partial charge in [0.1, 0.15) is 12.3 Å². The van der Waals surface area contributed by atoms with Crippen LogP contribution >= 0.6 is 0 Å². The van der Waals surface area contributed by atoms with E-state index in [0.29, 0.717) is 36.3 Å². The zero-order valence-electron chi connectivity index (χ0n) is 13.6. The molecular weight excluding hydrogens is 254 g/mol. The number of hydrogen-bond donors (Lipinski definition) is 2. The predicted octanol–water partition coefficient (Wildman–Crippen LogP) is 3.73. The number of aliphatic hydroxyl groups is 1. The average Bonchev–Trinajstić information content (AvgIpc) is 2.42. The molecule has 4 heteroatoms. The van der Waals surface area contributed by atoms with Crippen LogP contribution in [-0.2, 0) is 4.79 Å². The molecule has 0 aromatic carbocycles. The summed E-state index contributed by atoms with van der Waals surface area (Å²) in [6, 6.07) is -0.448. The van der Waals surface area contributed by atoms with Crippen LogP contribution in [0.5, 0.6) is 0 Å². The summed E-state index contributed by atoms with van der Waals surface area (Å²) in [7, 11) is 0. The Morgan fingerprint density at radius 1 is 1.10 bits per heavy atom. The maximum atomic E-state index is 11.5. The van der Waals surface area contributed by atoms with E-state index in [1.165, 1.54) is 0 Å². The molecule has 0 radical (unpaired) electrons. The molecule has 0 aliphatic carbocycles. The van der Waals surface area contributed by atoms with Crippen LogP contribution in [0.4, 0.5) is 0 Å². The van der Waals surface area contributed by atoms with Gasteiger partial charge < -0.3 is 14.7 Å². The van der Waals surface area contributed by atoms with E-state index in [1.807, 2.05) is 26.8 Å². The van der Waals surface area contributed by atoms with E-state index in [1.54, 1.807) is 0 Å². The number of allylic oxidation sites excluding steroid dienone is 1. The molecule has 0 spiro atoms. The highest BCUT2D eigenvalue weighted by Gasteiger charge is 2.38. The number of quaternary nitrogens is 1. The van der Waals surface area contributed by atoms with Gasteiger partial charge in [-0.25, -0.2) is 4.79 Å². The summed E-state index contributed by atoms with van der Waals surface area (Å²) in [5, 5.41) is 19.5. The number of unbranched alkanes of at least 4 members (excludes halogenated alkanes) is 3. The van der Waals surface area contributed by atoms with E-state index in [4.69, 9.17) is 0 Å². The average molecular weight is 286 g/mol. The molecular formula is C16H32NO3+. The van der Waals surface area contributed by atoms with Crippen molar-refractivity contribution in [1.29, 1.82) is 0 Å². The Kier molecular flexibility index (Phi) is 9.30. The number of hydrogen-bond acceptors (Lipinski definition) is 2. The molecule has 20 heavy (non-hydrogen) atoms. The number of aliphatic hydroxyl groups excluding tert-OH is 1. The Balaban J connectivity index is 4.86. The van der Waals surface area contributed by atoms with Crippen molar-refractivity contribution < 1.29 is 19.5 Å². The summed E-state index contributed by atoms with van der Waals surface area (Å²) >= 11 is 0. The van der Waals surface area contributed by atoms with E-state index in [2.05, 4.69) is 6.92 Å². The van der Waals surface area contributed by atoms with Gasteiger partial charge in [0.25, 0.3) is 0 Å². The first-order valence-electron chi connectivity index (χ1n) is 7.93. The molecule has 0 aromatic rings. The van der Waals surface area contributed by atoms with Crippen molar-refractivity contribution in [2.24, 2.45) is 0 Å². The lowest BCUT2D eigenvalue weighted by molar-refractivity contribution is -0.937. The number of likely N-dealkylation sites (N-methyl/N-ethyl adjacent to an activating group) is 1. The van der Waals surface area contributed by atoms with Crippen molar-refractivity contribution in [3.05, 3.63) is 11.8 Å².